The molecular formula is C17H16Cl2N4O3S. The molecule has 0 aliphatic carbocycles. The lowest BCUT2D eigenvalue weighted by Gasteiger charge is -2.25. The number of halogens is 2. The van der Waals surface area contributed by atoms with Crippen LogP contribution in [0.2, 0.25) is 9.36 Å². The first-order chi connectivity index (χ1) is 12.9. The highest BCUT2D eigenvalue weighted by Crippen LogP contribution is 2.47. The molecule has 1 atom stereocenters. The third-order valence-electron chi connectivity index (χ3n) is 5.01. The molecule has 0 bridgehead atoms. The second-order valence-corrected chi connectivity index (χ2v) is 8.88. The quantitative estimate of drug-likeness (QED) is 0.783. The van der Waals surface area contributed by atoms with E-state index in [1.165, 1.54) is 17.5 Å². The number of carboxylic acid groups (broad SMARTS) is 1. The number of fused-ring (bicyclic) bond motifs is 2. The van der Waals surface area contributed by atoms with Crippen LogP contribution in [-0.4, -0.2) is 53.2 Å². The molecule has 27 heavy (non-hydrogen) atoms. The number of urea groups is 1. The zero-order valence-electron chi connectivity index (χ0n) is 14.1. The van der Waals surface area contributed by atoms with Crippen molar-refractivity contribution < 1.29 is 14.7 Å². The van der Waals surface area contributed by atoms with Gasteiger partial charge in [-0.2, -0.15) is 0 Å². The van der Waals surface area contributed by atoms with E-state index in [4.69, 9.17) is 28.3 Å². The number of carbonyl (C=O) groups is 2. The second kappa shape index (κ2) is 6.94. The van der Waals surface area contributed by atoms with E-state index in [2.05, 4.69) is 10.3 Å². The monoisotopic (exact) mass is 426 g/mol. The van der Waals surface area contributed by atoms with Crippen LogP contribution in [0.3, 0.4) is 0 Å². The molecule has 1 unspecified atom stereocenters. The molecule has 2 aliphatic heterocycles. The normalized spacial score (nSPS) is 21.6. The number of hydrogen-bond donors (Lipinski definition) is 2. The van der Waals surface area contributed by atoms with E-state index in [0.717, 1.165) is 17.7 Å². The summed E-state index contributed by atoms with van der Waals surface area (Å²) in [6.45, 7) is 1.68. The summed E-state index contributed by atoms with van der Waals surface area (Å²) in [7, 11) is 0. The fraction of sp³-hybridized carbons (Fsp3) is 0.353. The molecule has 7 nitrogen and oxygen atoms in total. The highest BCUT2D eigenvalue weighted by molar-refractivity contribution is 7.19. The molecule has 4 rings (SSSR count). The second-order valence-electron chi connectivity index (χ2n) is 6.78. The molecule has 2 N–H and O–H groups in total. The largest absolute Gasteiger partial charge is 0.480 e. The van der Waals surface area contributed by atoms with Gasteiger partial charge in [-0.25, -0.2) is 9.78 Å². The Hall–Kier alpha value is -1.87. The summed E-state index contributed by atoms with van der Waals surface area (Å²) in [5, 5.41) is 12.9. The molecule has 2 aliphatic rings. The van der Waals surface area contributed by atoms with Gasteiger partial charge in [0, 0.05) is 29.2 Å². The molecule has 142 valence electrons. The molecular weight excluding hydrogens is 411 g/mol. The van der Waals surface area contributed by atoms with Gasteiger partial charge in [0.05, 0.1) is 12.7 Å². The third kappa shape index (κ3) is 3.50. The van der Waals surface area contributed by atoms with E-state index in [9.17, 15) is 9.59 Å². The van der Waals surface area contributed by atoms with Crippen LogP contribution in [0.4, 0.5) is 15.6 Å². The molecule has 1 saturated heterocycles. The lowest BCUT2D eigenvalue weighted by Crippen LogP contribution is -2.41. The maximum atomic E-state index is 12.9. The van der Waals surface area contributed by atoms with Gasteiger partial charge < -0.3 is 5.11 Å². The number of rotatable bonds is 3. The van der Waals surface area contributed by atoms with Gasteiger partial charge >= 0.3 is 12.0 Å². The van der Waals surface area contributed by atoms with E-state index in [1.807, 2.05) is 17.0 Å². The number of aliphatic carboxylic acids is 1. The predicted molar refractivity (Wildman–Crippen MR) is 105 cm³/mol. The van der Waals surface area contributed by atoms with Crippen LogP contribution in [0, 0.1) is 0 Å². The van der Waals surface area contributed by atoms with Crippen molar-refractivity contribution in [3.8, 4) is 0 Å². The number of thiazole rings is 1. The minimum absolute atomic E-state index is 0.0124. The van der Waals surface area contributed by atoms with Crippen molar-refractivity contribution in [2.45, 2.75) is 11.8 Å². The van der Waals surface area contributed by atoms with Crippen LogP contribution < -0.4 is 10.2 Å². The fourth-order valence-electron chi connectivity index (χ4n) is 3.93. The Morgan fingerprint density at radius 3 is 2.85 bits per heavy atom. The van der Waals surface area contributed by atoms with Gasteiger partial charge in [0.25, 0.3) is 0 Å². The number of carbonyl (C=O) groups excluding carboxylic acids is 1. The Morgan fingerprint density at radius 2 is 2.15 bits per heavy atom. The van der Waals surface area contributed by atoms with Crippen LogP contribution in [0.5, 0.6) is 0 Å². The summed E-state index contributed by atoms with van der Waals surface area (Å²) in [4.78, 5) is 31.6. The zero-order chi connectivity index (χ0) is 19.2. The topological polar surface area (TPSA) is 85.8 Å². The maximum absolute atomic E-state index is 12.9. The smallest absolute Gasteiger partial charge is 0.328 e. The van der Waals surface area contributed by atoms with Gasteiger partial charge in [0.1, 0.15) is 4.34 Å². The molecule has 1 aromatic carbocycles. The number of amides is 2. The van der Waals surface area contributed by atoms with Crippen molar-refractivity contribution in [3.05, 3.63) is 39.3 Å². The maximum Gasteiger partial charge on any atom is 0.328 e. The molecule has 2 aromatic rings. The summed E-state index contributed by atoms with van der Waals surface area (Å²) in [6, 6.07) is 5.18. The van der Waals surface area contributed by atoms with Gasteiger partial charge in [0.2, 0.25) is 0 Å². The van der Waals surface area contributed by atoms with Gasteiger partial charge in [-0.1, -0.05) is 34.5 Å². The van der Waals surface area contributed by atoms with Crippen molar-refractivity contribution in [3.63, 3.8) is 0 Å². The average molecular weight is 427 g/mol. The number of hydrogen-bond acceptors (Lipinski definition) is 5. The molecule has 2 amide bonds. The van der Waals surface area contributed by atoms with Crippen molar-refractivity contribution in [2.24, 2.45) is 0 Å². The summed E-state index contributed by atoms with van der Waals surface area (Å²) >= 11 is 13.3. The minimum atomic E-state index is -0.855. The number of benzene rings is 1. The van der Waals surface area contributed by atoms with Crippen LogP contribution in [-0.2, 0) is 10.2 Å². The number of nitrogens with zero attached hydrogens (tertiary/aromatic N) is 3. The van der Waals surface area contributed by atoms with Crippen molar-refractivity contribution in [2.75, 3.05) is 36.4 Å². The first-order valence-electron chi connectivity index (χ1n) is 8.30. The SMILES string of the molecule is O=C(O)CN1CCC2(C1)CN(C(=O)Nc1ncc(Cl)s1)c1ccc(Cl)cc12. The molecule has 3 heterocycles. The first kappa shape index (κ1) is 18.5. The van der Waals surface area contributed by atoms with Crippen molar-refractivity contribution in [1.29, 1.82) is 0 Å². The van der Waals surface area contributed by atoms with E-state index in [0.29, 0.717) is 34.1 Å². The molecule has 0 radical (unpaired) electrons. The Balaban J connectivity index is 1.62. The van der Waals surface area contributed by atoms with Crippen molar-refractivity contribution >= 4 is 57.4 Å². The highest BCUT2D eigenvalue weighted by atomic mass is 35.5. The van der Waals surface area contributed by atoms with E-state index in [-0.39, 0.29) is 18.0 Å². The van der Waals surface area contributed by atoms with Crippen LogP contribution >= 0.6 is 34.5 Å². The summed E-state index contributed by atoms with van der Waals surface area (Å²) in [5.74, 6) is -0.855. The summed E-state index contributed by atoms with van der Waals surface area (Å²) in [6.07, 6.45) is 2.25. The molecule has 1 spiro atoms. The van der Waals surface area contributed by atoms with Gasteiger partial charge in [-0.05, 0) is 36.7 Å². The van der Waals surface area contributed by atoms with E-state index >= 15 is 0 Å². The zero-order valence-corrected chi connectivity index (χ0v) is 16.4. The molecule has 1 fully saturated rings. The van der Waals surface area contributed by atoms with Crippen LogP contribution in [0.15, 0.2) is 24.4 Å². The van der Waals surface area contributed by atoms with Gasteiger partial charge in [-0.3, -0.25) is 19.9 Å². The molecule has 10 heteroatoms. The Morgan fingerprint density at radius 1 is 1.33 bits per heavy atom. The first-order valence-corrected chi connectivity index (χ1v) is 9.88. The highest BCUT2D eigenvalue weighted by Gasteiger charge is 2.49. The standard InChI is InChI=1S/C17H16Cl2N4O3S/c18-10-1-2-12-11(5-10)17(3-4-22(8-17)7-14(24)25)9-23(12)16(26)21-15-20-6-13(19)27-15/h1-2,5-6H,3-4,7-9H2,(H,24,25)(H,20,21,26). The van der Waals surface area contributed by atoms with Crippen LogP contribution in [0.25, 0.3) is 0 Å². The lowest BCUT2D eigenvalue weighted by molar-refractivity contribution is -0.138. The Bertz CT molecular complexity index is 921. The number of aromatic nitrogens is 1. The van der Waals surface area contributed by atoms with Gasteiger partial charge in [-0.15, -0.1) is 0 Å². The minimum Gasteiger partial charge on any atom is -0.480 e. The number of carboxylic acids is 1. The number of nitrogens with one attached hydrogen (secondary N) is 1. The van der Waals surface area contributed by atoms with E-state index in [1.54, 1.807) is 11.0 Å². The average Bonchev–Trinajstić information content (AvgIpc) is 3.27. The number of anilines is 2. The number of likely N-dealkylation sites (tertiary alicyclic amines) is 1. The Labute approximate surface area is 169 Å². The molecule has 1 aromatic heterocycles. The van der Waals surface area contributed by atoms with Crippen LogP contribution in [0.1, 0.15) is 12.0 Å². The molecule has 0 saturated carbocycles. The fourth-order valence-corrected chi connectivity index (χ4v) is 4.90. The summed E-state index contributed by atoms with van der Waals surface area (Å²) < 4.78 is 0.496. The van der Waals surface area contributed by atoms with Crippen molar-refractivity contribution in [1.82, 2.24) is 9.88 Å². The Kier molecular flexibility index (Phi) is 4.75. The summed E-state index contributed by atoms with van der Waals surface area (Å²) in [5.41, 5.74) is 1.44. The predicted octanol–water partition coefficient (Wildman–Crippen LogP) is 3.53. The van der Waals surface area contributed by atoms with Gasteiger partial charge in [0.15, 0.2) is 5.13 Å². The lowest BCUT2D eigenvalue weighted by atomic mass is 9.81. The third-order valence-corrected chi connectivity index (χ3v) is 6.28. The van der Waals surface area contributed by atoms with E-state index < -0.39 is 5.97 Å².